The van der Waals surface area contributed by atoms with Crippen molar-refractivity contribution in [3.05, 3.63) is 16.4 Å². The van der Waals surface area contributed by atoms with Gasteiger partial charge in [0.05, 0.1) is 0 Å². The van der Waals surface area contributed by atoms with Crippen LogP contribution in [0.1, 0.15) is 25.1 Å². The van der Waals surface area contributed by atoms with E-state index in [1.54, 1.807) is 6.92 Å². The fourth-order valence-electron chi connectivity index (χ4n) is 1.35. The molecule has 90 valence electrons. The summed E-state index contributed by atoms with van der Waals surface area (Å²) in [6, 6.07) is -0.833. The van der Waals surface area contributed by atoms with Gasteiger partial charge >= 0.3 is 11.7 Å². The smallest absolute Gasteiger partial charge is 0.441 e. The van der Waals surface area contributed by atoms with Crippen molar-refractivity contribution in [1.82, 2.24) is 9.72 Å². The zero-order chi connectivity index (χ0) is 12.1. The van der Waals surface area contributed by atoms with Crippen molar-refractivity contribution in [3.63, 3.8) is 0 Å². The Hall–Kier alpha value is -1.63. The zero-order valence-electron chi connectivity index (χ0n) is 9.05. The van der Waals surface area contributed by atoms with Crippen molar-refractivity contribution in [2.45, 2.75) is 38.8 Å². The van der Waals surface area contributed by atoms with Crippen LogP contribution in [0.3, 0.4) is 0 Å². The lowest BCUT2D eigenvalue weighted by molar-refractivity contribution is -0.138. The summed E-state index contributed by atoms with van der Waals surface area (Å²) in [5, 5.41) is 12.1. The van der Waals surface area contributed by atoms with Gasteiger partial charge in [0.25, 0.3) is 0 Å². The fraction of sp³-hybridized carbons (Fsp3) is 0.667. The highest BCUT2D eigenvalue weighted by atomic mass is 16.5. The molecule has 1 heterocycles. The van der Waals surface area contributed by atoms with Gasteiger partial charge in [-0.2, -0.15) is 0 Å². The summed E-state index contributed by atoms with van der Waals surface area (Å²) in [6.45, 7) is 2.15. The summed E-state index contributed by atoms with van der Waals surface area (Å²) >= 11 is 0. The molecule has 0 saturated heterocycles. The standard InChI is InChI=1S/C9H15N3O4/c1-6-11-16-9(15)12(6)5-3-2-4-7(10)8(13)14/h7H,2-5,10H2,1H3,(H,13,14)/t7-/m0/s1. The highest BCUT2D eigenvalue weighted by Crippen LogP contribution is 2.02. The topological polar surface area (TPSA) is 111 Å². The van der Waals surface area contributed by atoms with E-state index in [1.807, 2.05) is 0 Å². The van der Waals surface area contributed by atoms with E-state index in [4.69, 9.17) is 10.8 Å². The molecule has 0 aliphatic heterocycles. The van der Waals surface area contributed by atoms with Crippen LogP contribution >= 0.6 is 0 Å². The molecule has 7 nitrogen and oxygen atoms in total. The maximum atomic E-state index is 11.1. The molecule has 0 unspecified atom stereocenters. The number of hydrogen-bond acceptors (Lipinski definition) is 5. The molecule has 16 heavy (non-hydrogen) atoms. The summed E-state index contributed by atoms with van der Waals surface area (Å²) in [6.07, 6.45) is 1.71. The molecule has 3 N–H and O–H groups in total. The second kappa shape index (κ2) is 5.45. The quantitative estimate of drug-likeness (QED) is 0.649. The zero-order valence-corrected chi connectivity index (χ0v) is 9.05. The molecule has 0 spiro atoms. The van der Waals surface area contributed by atoms with E-state index in [0.29, 0.717) is 31.6 Å². The molecule has 1 atom stereocenters. The minimum Gasteiger partial charge on any atom is -0.480 e. The van der Waals surface area contributed by atoms with E-state index in [-0.39, 0.29) is 0 Å². The predicted octanol–water partition coefficient (Wildman–Crippen LogP) is -0.273. The van der Waals surface area contributed by atoms with Crippen LogP contribution in [0.2, 0.25) is 0 Å². The molecule has 0 bridgehead atoms. The van der Waals surface area contributed by atoms with Crippen molar-refractivity contribution in [3.8, 4) is 0 Å². The van der Waals surface area contributed by atoms with E-state index in [0.717, 1.165) is 0 Å². The molecule has 7 heteroatoms. The largest absolute Gasteiger partial charge is 0.480 e. The van der Waals surface area contributed by atoms with E-state index >= 15 is 0 Å². The number of aromatic nitrogens is 2. The lowest BCUT2D eigenvalue weighted by Gasteiger charge is -2.05. The van der Waals surface area contributed by atoms with Crippen molar-refractivity contribution in [2.24, 2.45) is 5.73 Å². The summed E-state index contributed by atoms with van der Waals surface area (Å²) in [5.41, 5.74) is 5.34. The molecule has 1 aromatic rings. The first-order valence-corrected chi connectivity index (χ1v) is 5.04. The molecule has 0 fully saturated rings. The first-order chi connectivity index (χ1) is 7.52. The normalized spacial score (nSPS) is 12.6. The molecular weight excluding hydrogens is 214 g/mol. The van der Waals surface area contributed by atoms with Crippen molar-refractivity contribution in [2.75, 3.05) is 0 Å². The van der Waals surface area contributed by atoms with Crippen LogP contribution in [0.4, 0.5) is 0 Å². The summed E-state index contributed by atoms with van der Waals surface area (Å²) in [4.78, 5) is 21.5. The van der Waals surface area contributed by atoms with Gasteiger partial charge in [-0.25, -0.2) is 4.79 Å². The highest BCUT2D eigenvalue weighted by Gasteiger charge is 2.11. The number of aryl methyl sites for hydroxylation is 1. The second-order valence-electron chi connectivity index (χ2n) is 3.59. The van der Waals surface area contributed by atoms with Gasteiger partial charge in [-0.05, 0) is 26.2 Å². The molecule has 0 radical (unpaired) electrons. The maximum absolute atomic E-state index is 11.1. The van der Waals surface area contributed by atoms with Crippen LogP contribution in [-0.4, -0.2) is 26.8 Å². The Morgan fingerprint density at radius 1 is 1.62 bits per heavy atom. The van der Waals surface area contributed by atoms with Gasteiger partial charge in [-0.15, -0.1) is 0 Å². The summed E-state index contributed by atoms with van der Waals surface area (Å²) < 4.78 is 5.86. The first kappa shape index (κ1) is 12.4. The number of carboxylic acids is 1. The number of nitrogens with zero attached hydrogens (tertiary/aromatic N) is 2. The lowest BCUT2D eigenvalue weighted by Crippen LogP contribution is -2.29. The third kappa shape index (κ3) is 3.20. The molecular formula is C9H15N3O4. The van der Waals surface area contributed by atoms with Crippen LogP contribution in [0.25, 0.3) is 0 Å². The molecule has 0 aliphatic rings. The third-order valence-corrected chi connectivity index (χ3v) is 2.33. The average molecular weight is 229 g/mol. The fourth-order valence-corrected chi connectivity index (χ4v) is 1.35. The van der Waals surface area contributed by atoms with Gasteiger partial charge in [-0.1, -0.05) is 5.16 Å². The second-order valence-corrected chi connectivity index (χ2v) is 3.59. The van der Waals surface area contributed by atoms with E-state index in [1.165, 1.54) is 4.57 Å². The van der Waals surface area contributed by atoms with Crippen LogP contribution in [0.15, 0.2) is 9.32 Å². The number of nitrogens with two attached hydrogens (primary N) is 1. The Kier molecular flexibility index (Phi) is 4.24. The van der Waals surface area contributed by atoms with Gasteiger partial charge in [0.15, 0.2) is 5.82 Å². The number of aliphatic carboxylic acids is 1. The van der Waals surface area contributed by atoms with Gasteiger partial charge in [0.2, 0.25) is 0 Å². The van der Waals surface area contributed by atoms with Crippen LogP contribution in [-0.2, 0) is 11.3 Å². The SMILES string of the molecule is Cc1noc(=O)n1CCCC[C@H](N)C(=O)O. The van der Waals surface area contributed by atoms with Gasteiger partial charge in [0.1, 0.15) is 6.04 Å². The molecule has 1 aromatic heterocycles. The molecule has 0 amide bonds. The minimum absolute atomic E-state index is 0.397. The van der Waals surface area contributed by atoms with Crippen LogP contribution < -0.4 is 11.5 Å². The monoisotopic (exact) mass is 229 g/mol. The van der Waals surface area contributed by atoms with E-state index < -0.39 is 17.8 Å². The Morgan fingerprint density at radius 2 is 2.31 bits per heavy atom. The maximum Gasteiger partial charge on any atom is 0.441 e. The van der Waals surface area contributed by atoms with E-state index in [9.17, 15) is 9.59 Å². The number of rotatable bonds is 6. The van der Waals surface area contributed by atoms with E-state index in [2.05, 4.69) is 9.68 Å². The number of carboxylic acid groups (broad SMARTS) is 1. The van der Waals surface area contributed by atoms with Crippen LogP contribution in [0, 0.1) is 6.92 Å². The molecule has 1 rings (SSSR count). The van der Waals surface area contributed by atoms with Crippen molar-refractivity contribution < 1.29 is 14.4 Å². The Balaban J connectivity index is 2.32. The number of hydrogen-bond donors (Lipinski definition) is 2. The molecule has 0 aliphatic carbocycles. The number of carbonyl (C=O) groups is 1. The Morgan fingerprint density at radius 3 is 2.81 bits per heavy atom. The Labute approximate surface area is 91.8 Å². The Bertz CT molecular complexity index is 409. The number of unbranched alkanes of at least 4 members (excludes halogenated alkanes) is 1. The molecule has 0 saturated carbocycles. The van der Waals surface area contributed by atoms with Gasteiger partial charge in [-0.3, -0.25) is 13.9 Å². The highest BCUT2D eigenvalue weighted by molar-refractivity contribution is 5.72. The first-order valence-electron chi connectivity index (χ1n) is 5.04. The van der Waals surface area contributed by atoms with Gasteiger partial charge < -0.3 is 10.8 Å². The minimum atomic E-state index is -1.00. The predicted molar refractivity (Wildman–Crippen MR) is 55.0 cm³/mol. The van der Waals surface area contributed by atoms with Crippen molar-refractivity contribution >= 4 is 5.97 Å². The van der Waals surface area contributed by atoms with Crippen LogP contribution in [0.5, 0.6) is 0 Å². The van der Waals surface area contributed by atoms with Crippen molar-refractivity contribution in [1.29, 1.82) is 0 Å². The molecule has 0 aromatic carbocycles. The van der Waals surface area contributed by atoms with Gasteiger partial charge in [0, 0.05) is 6.54 Å². The summed E-state index contributed by atoms with van der Waals surface area (Å²) in [5.74, 6) is -0.967. The summed E-state index contributed by atoms with van der Waals surface area (Å²) in [7, 11) is 0. The average Bonchev–Trinajstić information content (AvgIpc) is 2.54. The third-order valence-electron chi connectivity index (χ3n) is 2.33. The lowest BCUT2D eigenvalue weighted by atomic mass is 10.1.